The van der Waals surface area contributed by atoms with E-state index in [2.05, 4.69) is 5.32 Å². The molecular formula is C20H21FN2O4. The minimum absolute atomic E-state index is 0.165. The summed E-state index contributed by atoms with van der Waals surface area (Å²) in [6.45, 7) is 1.84. The molecule has 0 heterocycles. The van der Waals surface area contributed by atoms with Gasteiger partial charge in [-0.05, 0) is 24.6 Å². The zero-order valence-electron chi connectivity index (χ0n) is 15.0. The summed E-state index contributed by atoms with van der Waals surface area (Å²) in [4.78, 5) is 37.3. The fourth-order valence-corrected chi connectivity index (χ4v) is 2.36. The van der Waals surface area contributed by atoms with Crippen LogP contribution in [0.25, 0.3) is 0 Å². The Balaban J connectivity index is 1.77. The van der Waals surface area contributed by atoms with Crippen molar-refractivity contribution in [2.75, 3.05) is 19.7 Å². The molecule has 0 saturated heterocycles. The molecule has 2 aromatic carbocycles. The first-order valence-corrected chi connectivity index (χ1v) is 8.51. The van der Waals surface area contributed by atoms with E-state index in [1.54, 1.807) is 4.90 Å². The molecule has 0 saturated carbocycles. The first kappa shape index (κ1) is 20.1. The van der Waals surface area contributed by atoms with Gasteiger partial charge in [-0.1, -0.05) is 42.5 Å². The quantitative estimate of drug-likeness (QED) is 0.721. The molecule has 0 aliphatic heterocycles. The molecule has 0 radical (unpaired) electrons. The molecule has 0 atom stereocenters. The minimum atomic E-state index is -0.774. The van der Waals surface area contributed by atoms with Gasteiger partial charge < -0.3 is 15.0 Å². The lowest BCUT2D eigenvalue weighted by atomic mass is 10.2. The number of esters is 1. The summed E-state index contributed by atoms with van der Waals surface area (Å²) in [5.74, 6) is -2.52. The van der Waals surface area contributed by atoms with Crippen LogP contribution in [0.1, 0.15) is 22.8 Å². The number of nitrogens with zero attached hydrogens (tertiary/aromatic N) is 1. The molecule has 7 heteroatoms. The smallest absolute Gasteiger partial charge is 0.325 e. The van der Waals surface area contributed by atoms with Gasteiger partial charge in [0.05, 0.1) is 5.56 Å². The van der Waals surface area contributed by atoms with Gasteiger partial charge in [-0.2, -0.15) is 0 Å². The molecule has 0 unspecified atom stereocenters. The molecule has 0 bridgehead atoms. The van der Waals surface area contributed by atoms with Crippen LogP contribution < -0.4 is 5.32 Å². The molecular weight excluding hydrogens is 351 g/mol. The van der Waals surface area contributed by atoms with Gasteiger partial charge in [-0.15, -0.1) is 0 Å². The van der Waals surface area contributed by atoms with E-state index in [0.717, 1.165) is 11.6 Å². The zero-order valence-corrected chi connectivity index (χ0v) is 15.0. The number of carbonyl (C=O) groups excluding carboxylic acids is 3. The van der Waals surface area contributed by atoms with Crippen LogP contribution in [0.4, 0.5) is 4.39 Å². The molecule has 142 valence electrons. The summed E-state index contributed by atoms with van der Waals surface area (Å²) < 4.78 is 18.4. The van der Waals surface area contributed by atoms with E-state index in [4.69, 9.17) is 4.74 Å². The maximum atomic E-state index is 13.5. The van der Waals surface area contributed by atoms with Crippen LogP contribution in [0.15, 0.2) is 54.6 Å². The predicted octanol–water partition coefficient (Wildman–Crippen LogP) is 2.15. The maximum Gasteiger partial charge on any atom is 0.325 e. The highest BCUT2D eigenvalue weighted by Gasteiger charge is 2.16. The average molecular weight is 372 g/mol. The molecule has 6 nitrogen and oxygen atoms in total. The summed E-state index contributed by atoms with van der Waals surface area (Å²) in [7, 11) is 0. The van der Waals surface area contributed by atoms with Crippen molar-refractivity contribution in [3.63, 3.8) is 0 Å². The number of ether oxygens (including phenoxy) is 1. The number of amides is 2. The fraction of sp³-hybridized carbons (Fsp3) is 0.250. The van der Waals surface area contributed by atoms with E-state index in [0.29, 0.717) is 13.1 Å². The van der Waals surface area contributed by atoms with E-state index in [1.165, 1.54) is 18.2 Å². The van der Waals surface area contributed by atoms with Crippen LogP contribution in [0.2, 0.25) is 0 Å². The highest BCUT2D eigenvalue weighted by atomic mass is 19.1. The Hall–Kier alpha value is -3.22. The van der Waals surface area contributed by atoms with Crippen molar-refractivity contribution in [1.82, 2.24) is 10.2 Å². The van der Waals surface area contributed by atoms with E-state index in [-0.39, 0.29) is 11.5 Å². The lowest BCUT2D eigenvalue weighted by Crippen LogP contribution is -2.36. The van der Waals surface area contributed by atoms with Crippen LogP contribution in [0.5, 0.6) is 0 Å². The van der Waals surface area contributed by atoms with Crippen LogP contribution >= 0.6 is 0 Å². The van der Waals surface area contributed by atoms with Gasteiger partial charge in [-0.25, -0.2) is 4.39 Å². The monoisotopic (exact) mass is 372 g/mol. The summed E-state index contributed by atoms with van der Waals surface area (Å²) in [5.41, 5.74) is 0.803. The normalized spacial score (nSPS) is 10.1. The third-order valence-electron chi connectivity index (χ3n) is 3.82. The number of benzene rings is 2. The Morgan fingerprint density at radius 3 is 2.37 bits per heavy atom. The Bertz CT molecular complexity index is 796. The van der Waals surface area contributed by atoms with E-state index < -0.39 is 30.8 Å². The number of hydrogen-bond donors (Lipinski definition) is 1. The number of hydrogen-bond acceptors (Lipinski definition) is 4. The highest BCUT2D eigenvalue weighted by Crippen LogP contribution is 2.06. The van der Waals surface area contributed by atoms with Gasteiger partial charge in [0.15, 0.2) is 6.61 Å². The highest BCUT2D eigenvalue weighted by molar-refractivity contribution is 5.96. The molecule has 1 N–H and O–H groups in total. The standard InChI is InChI=1S/C20H21FN2O4/c1-2-23(13-15-8-4-3-5-9-15)18(24)14-27-19(25)12-22-20(26)16-10-6-7-11-17(16)21/h3-11H,2,12-14H2,1H3,(H,22,26). The summed E-state index contributed by atoms with van der Waals surface area (Å²) in [6.07, 6.45) is 0. The lowest BCUT2D eigenvalue weighted by Gasteiger charge is -2.20. The molecule has 2 amide bonds. The van der Waals surface area contributed by atoms with Crippen molar-refractivity contribution in [3.05, 3.63) is 71.5 Å². The topological polar surface area (TPSA) is 75.7 Å². The van der Waals surface area contributed by atoms with Crippen molar-refractivity contribution in [1.29, 1.82) is 0 Å². The molecule has 27 heavy (non-hydrogen) atoms. The van der Waals surface area contributed by atoms with Crippen molar-refractivity contribution < 1.29 is 23.5 Å². The van der Waals surface area contributed by atoms with Gasteiger partial charge in [0, 0.05) is 13.1 Å². The van der Waals surface area contributed by atoms with E-state index >= 15 is 0 Å². The SMILES string of the molecule is CCN(Cc1ccccc1)C(=O)COC(=O)CNC(=O)c1ccccc1F. The Kier molecular flexibility index (Phi) is 7.49. The van der Waals surface area contributed by atoms with E-state index in [9.17, 15) is 18.8 Å². The molecule has 0 spiro atoms. The number of likely N-dealkylation sites (N-methyl/N-ethyl adjacent to an activating group) is 1. The predicted molar refractivity (Wildman–Crippen MR) is 97.2 cm³/mol. The van der Waals surface area contributed by atoms with Crippen molar-refractivity contribution in [2.45, 2.75) is 13.5 Å². The van der Waals surface area contributed by atoms with Crippen molar-refractivity contribution in [2.24, 2.45) is 0 Å². The average Bonchev–Trinajstić information content (AvgIpc) is 2.69. The number of nitrogens with one attached hydrogen (secondary N) is 1. The molecule has 0 aliphatic rings. The van der Waals surface area contributed by atoms with Gasteiger partial charge in [0.2, 0.25) is 0 Å². The fourth-order valence-electron chi connectivity index (χ4n) is 2.36. The van der Waals surface area contributed by atoms with E-state index in [1.807, 2.05) is 37.3 Å². The van der Waals surface area contributed by atoms with Gasteiger partial charge in [0.25, 0.3) is 11.8 Å². The Morgan fingerprint density at radius 1 is 1.04 bits per heavy atom. The number of halogens is 1. The van der Waals surface area contributed by atoms with Gasteiger partial charge >= 0.3 is 5.97 Å². The third-order valence-corrected chi connectivity index (χ3v) is 3.82. The maximum absolute atomic E-state index is 13.5. The summed E-state index contributed by atoms with van der Waals surface area (Å²) >= 11 is 0. The molecule has 2 aromatic rings. The second-order valence-corrected chi connectivity index (χ2v) is 5.72. The lowest BCUT2D eigenvalue weighted by molar-refractivity contribution is -0.151. The van der Waals surface area contributed by atoms with Crippen molar-refractivity contribution in [3.8, 4) is 0 Å². The molecule has 0 fully saturated rings. The van der Waals surface area contributed by atoms with Gasteiger partial charge in [-0.3, -0.25) is 14.4 Å². The molecule has 0 aromatic heterocycles. The zero-order chi connectivity index (χ0) is 19.6. The third kappa shape index (κ3) is 6.22. The van der Waals surface area contributed by atoms with Crippen LogP contribution in [0.3, 0.4) is 0 Å². The summed E-state index contributed by atoms with van der Waals surface area (Å²) in [5, 5.41) is 2.27. The van der Waals surface area contributed by atoms with Gasteiger partial charge in [0.1, 0.15) is 12.4 Å². The van der Waals surface area contributed by atoms with Crippen LogP contribution in [0, 0.1) is 5.82 Å². The first-order valence-electron chi connectivity index (χ1n) is 8.51. The minimum Gasteiger partial charge on any atom is -0.454 e. The number of rotatable bonds is 8. The van der Waals surface area contributed by atoms with Crippen molar-refractivity contribution >= 4 is 17.8 Å². The molecule has 2 rings (SSSR count). The molecule has 0 aliphatic carbocycles. The Labute approximate surface area is 156 Å². The first-order chi connectivity index (χ1) is 13.0. The number of carbonyl (C=O) groups is 3. The second kappa shape index (κ2) is 10.1. The largest absolute Gasteiger partial charge is 0.454 e. The van der Waals surface area contributed by atoms with Crippen LogP contribution in [-0.4, -0.2) is 42.4 Å². The second-order valence-electron chi connectivity index (χ2n) is 5.72. The Morgan fingerprint density at radius 2 is 1.70 bits per heavy atom. The van der Waals surface area contributed by atoms with Crippen LogP contribution in [-0.2, 0) is 20.9 Å². The summed E-state index contributed by atoms with van der Waals surface area (Å²) in [6, 6.07) is 14.9.